The molecular weight excluding hydrogens is 868 g/mol. The minimum absolute atomic E-state index is 0.0308. The lowest BCUT2D eigenvalue weighted by molar-refractivity contribution is -0.870. The van der Waals surface area contributed by atoms with Gasteiger partial charge in [-0.2, -0.15) is 0 Å². The van der Waals surface area contributed by atoms with E-state index in [2.05, 4.69) is 74.7 Å². The molecule has 3 atom stereocenters. The summed E-state index contributed by atoms with van der Waals surface area (Å²) in [7, 11) is 1.16. The highest BCUT2D eigenvalue weighted by atomic mass is 31.2. The quantitative estimate of drug-likeness (QED) is 0.0212. The van der Waals surface area contributed by atoms with Crippen LogP contribution in [0, 0.1) is 0 Å². The molecule has 0 aromatic heterocycles. The Balaban J connectivity index is 5.46. The normalized spacial score (nSPS) is 14.3. The molecule has 0 heterocycles. The maximum absolute atomic E-state index is 13.4. The molecule has 0 aliphatic carbocycles. The van der Waals surface area contributed by atoms with Gasteiger partial charge in [0.05, 0.1) is 33.8 Å². The first-order valence-corrected chi connectivity index (χ1v) is 29.6. The van der Waals surface area contributed by atoms with Crippen molar-refractivity contribution < 1.29 is 37.3 Å². The number of unbranched alkanes of at least 4 members (excludes halogenated alkanes) is 26. The molecule has 0 aliphatic heterocycles. The van der Waals surface area contributed by atoms with E-state index in [0.717, 1.165) is 64.2 Å². The summed E-state index contributed by atoms with van der Waals surface area (Å²) in [5.41, 5.74) is 0. The van der Waals surface area contributed by atoms with E-state index in [1.165, 1.54) is 141 Å². The number of quaternary nitrogens is 1. The van der Waals surface area contributed by atoms with Gasteiger partial charge in [0.2, 0.25) is 5.91 Å². The van der Waals surface area contributed by atoms with Gasteiger partial charge in [-0.05, 0) is 70.3 Å². The van der Waals surface area contributed by atoms with Crippen LogP contribution in [-0.4, -0.2) is 69.4 Å². The lowest BCUT2D eigenvalue weighted by Gasteiger charge is -2.30. The topological polar surface area (TPSA) is 114 Å². The molecular formula is C58H107N2O7P. The number of carbonyl (C=O) groups excluding carboxylic acids is 2. The zero-order valence-corrected chi connectivity index (χ0v) is 45.9. The van der Waals surface area contributed by atoms with Crippen LogP contribution in [0.25, 0.3) is 0 Å². The van der Waals surface area contributed by atoms with Gasteiger partial charge in [-0.3, -0.25) is 14.2 Å². The second-order valence-corrected chi connectivity index (χ2v) is 21.5. The molecule has 0 spiro atoms. The van der Waals surface area contributed by atoms with Gasteiger partial charge >= 0.3 is 5.97 Å². The molecule has 0 rings (SSSR count). The average Bonchev–Trinajstić information content (AvgIpc) is 3.29. The van der Waals surface area contributed by atoms with Crippen LogP contribution in [-0.2, 0) is 27.9 Å². The van der Waals surface area contributed by atoms with E-state index in [0.29, 0.717) is 23.9 Å². The summed E-state index contributed by atoms with van der Waals surface area (Å²) in [6.07, 6.45) is 59.0. The van der Waals surface area contributed by atoms with Gasteiger partial charge in [-0.25, -0.2) is 0 Å². The average molecular weight is 975 g/mol. The SMILES string of the molecule is CCCCC/C=C\C/C=C\C/C=C\C/C=C\CCCC(=O)OC(/C=C/CCCCCCCCCCCC)C(COP(=O)([O-])OCC[N+](C)(C)C)NC(=O)CCCCCCCCCCCCCCC. The number of hydrogen-bond acceptors (Lipinski definition) is 7. The maximum atomic E-state index is 13.4. The number of nitrogens with zero attached hydrogens (tertiary/aromatic N) is 1. The Morgan fingerprint density at radius 2 is 0.912 bits per heavy atom. The first-order chi connectivity index (χ1) is 32.9. The van der Waals surface area contributed by atoms with Gasteiger partial charge in [-0.1, -0.05) is 223 Å². The van der Waals surface area contributed by atoms with Gasteiger partial charge in [0.15, 0.2) is 0 Å². The Morgan fingerprint density at radius 1 is 0.515 bits per heavy atom. The van der Waals surface area contributed by atoms with Crippen molar-refractivity contribution in [3.05, 3.63) is 60.8 Å². The van der Waals surface area contributed by atoms with Crippen molar-refractivity contribution >= 4 is 19.7 Å². The molecule has 1 N–H and O–H groups in total. The molecule has 3 unspecified atom stereocenters. The van der Waals surface area contributed by atoms with E-state index >= 15 is 0 Å². The maximum Gasteiger partial charge on any atom is 0.306 e. The highest BCUT2D eigenvalue weighted by Gasteiger charge is 2.27. The zero-order chi connectivity index (χ0) is 50.1. The first-order valence-electron chi connectivity index (χ1n) is 28.1. The molecule has 0 aromatic carbocycles. The van der Waals surface area contributed by atoms with Crippen LogP contribution in [0.1, 0.15) is 245 Å². The summed E-state index contributed by atoms with van der Waals surface area (Å²) in [5, 5.41) is 3.00. The Morgan fingerprint density at radius 3 is 1.40 bits per heavy atom. The fourth-order valence-corrected chi connectivity index (χ4v) is 8.53. The van der Waals surface area contributed by atoms with Crippen molar-refractivity contribution in [1.29, 1.82) is 0 Å². The van der Waals surface area contributed by atoms with E-state index in [-0.39, 0.29) is 18.9 Å². The summed E-state index contributed by atoms with van der Waals surface area (Å²) in [6.45, 7) is 6.77. The van der Waals surface area contributed by atoms with E-state index in [9.17, 15) is 19.0 Å². The Bertz CT molecular complexity index is 1350. The van der Waals surface area contributed by atoms with Crippen molar-refractivity contribution in [3.63, 3.8) is 0 Å². The molecule has 0 fully saturated rings. The Hall–Kier alpha value is -2.29. The number of likely N-dealkylation sites (N-methyl/N-ethyl adjacent to an activating group) is 1. The number of ether oxygens (including phenoxy) is 1. The highest BCUT2D eigenvalue weighted by Crippen LogP contribution is 2.38. The zero-order valence-electron chi connectivity index (χ0n) is 45.1. The molecule has 10 heteroatoms. The number of phosphoric acid groups is 1. The molecule has 0 saturated heterocycles. The summed E-state index contributed by atoms with van der Waals surface area (Å²) < 4.78 is 30.1. The van der Waals surface area contributed by atoms with E-state index in [1.807, 2.05) is 33.3 Å². The Labute approximate surface area is 420 Å². The number of rotatable bonds is 50. The van der Waals surface area contributed by atoms with E-state index in [1.54, 1.807) is 0 Å². The van der Waals surface area contributed by atoms with Gasteiger partial charge in [-0.15, -0.1) is 0 Å². The molecule has 0 radical (unpaired) electrons. The molecule has 9 nitrogen and oxygen atoms in total. The summed E-state index contributed by atoms with van der Waals surface area (Å²) >= 11 is 0. The fraction of sp³-hybridized carbons (Fsp3) is 0.793. The van der Waals surface area contributed by atoms with Crippen LogP contribution in [0.5, 0.6) is 0 Å². The predicted molar refractivity (Wildman–Crippen MR) is 289 cm³/mol. The summed E-state index contributed by atoms with van der Waals surface area (Å²) in [6, 6.07) is -0.907. The van der Waals surface area contributed by atoms with Gasteiger partial charge in [0, 0.05) is 12.8 Å². The van der Waals surface area contributed by atoms with Crippen LogP contribution in [0.15, 0.2) is 60.8 Å². The number of allylic oxidation sites excluding steroid dienone is 9. The second-order valence-electron chi connectivity index (χ2n) is 20.1. The summed E-state index contributed by atoms with van der Waals surface area (Å²) in [5.74, 6) is -0.604. The molecule has 1 amide bonds. The van der Waals surface area contributed by atoms with E-state index in [4.69, 9.17) is 13.8 Å². The molecule has 396 valence electrons. The minimum Gasteiger partial charge on any atom is -0.756 e. The standard InChI is InChI=1S/C58H107N2O7P/c1-7-10-13-16-19-22-25-28-29-30-31-33-36-39-42-45-48-51-58(62)67-56(49-46-43-40-37-34-27-24-21-18-15-12-9-3)55(54-66-68(63,64)65-53-52-60(4,5)6)59-57(61)50-47-44-41-38-35-32-26-23-20-17-14-11-8-2/h19,22,28-29,31,33,39,42,46,49,55-56H,7-18,20-21,23-27,30,32,34-38,40-41,43-45,47-48,50-54H2,1-6H3,(H-,59,61,63,64)/b22-19-,29-28-,33-31-,42-39-,49-46+. The number of amides is 1. The van der Waals surface area contributed by atoms with Crippen molar-refractivity contribution in [2.45, 2.75) is 258 Å². The number of carbonyl (C=O) groups is 2. The second kappa shape index (κ2) is 48.3. The predicted octanol–water partition coefficient (Wildman–Crippen LogP) is 16.1. The lowest BCUT2D eigenvalue weighted by atomic mass is 10.0. The monoisotopic (exact) mass is 975 g/mol. The van der Waals surface area contributed by atoms with Crippen LogP contribution in [0.2, 0.25) is 0 Å². The van der Waals surface area contributed by atoms with Gasteiger partial charge in [0.1, 0.15) is 19.3 Å². The molecule has 0 bridgehead atoms. The van der Waals surface area contributed by atoms with Gasteiger partial charge < -0.3 is 28.5 Å². The van der Waals surface area contributed by atoms with Gasteiger partial charge in [0.25, 0.3) is 7.82 Å². The van der Waals surface area contributed by atoms with Crippen molar-refractivity contribution in [3.8, 4) is 0 Å². The minimum atomic E-state index is -4.70. The molecule has 0 saturated carbocycles. The largest absolute Gasteiger partial charge is 0.756 e. The van der Waals surface area contributed by atoms with Crippen molar-refractivity contribution in [2.24, 2.45) is 0 Å². The van der Waals surface area contributed by atoms with Crippen LogP contribution in [0.3, 0.4) is 0 Å². The number of nitrogens with one attached hydrogen (secondary N) is 1. The number of esters is 1. The first kappa shape index (κ1) is 65.7. The van der Waals surface area contributed by atoms with Crippen LogP contribution >= 0.6 is 7.82 Å². The third-order valence-electron chi connectivity index (χ3n) is 12.2. The number of phosphoric ester groups is 1. The third-order valence-corrected chi connectivity index (χ3v) is 13.2. The smallest absolute Gasteiger partial charge is 0.306 e. The fourth-order valence-electron chi connectivity index (χ4n) is 7.81. The third kappa shape index (κ3) is 48.7. The van der Waals surface area contributed by atoms with Crippen molar-refractivity contribution in [1.82, 2.24) is 5.32 Å². The molecule has 68 heavy (non-hydrogen) atoms. The van der Waals surface area contributed by atoms with E-state index < -0.39 is 32.5 Å². The lowest BCUT2D eigenvalue weighted by Crippen LogP contribution is -2.47. The Kier molecular flexibility index (Phi) is 46.7. The van der Waals surface area contributed by atoms with Crippen molar-refractivity contribution in [2.75, 3.05) is 40.9 Å². The van der Waals surface area contributed by atoms with Crippen LogP contribution < -0.4 is 10.2 Å². The highest BCUT2D eigenvalue weighted by molar-refractivity contribution is 7.45. The molecule has 0 aliphatic rings. The van der Waals surface area contributed by atoms with Crippen LogP contribution in [0.4, 0.5) is 0 Å². The molecule has 0 aromatic rings. The summed E-state index contributed by atoms with van der Waals surface area (Å²) in [4.78, 5) is 39.8. The number of hydrogen-bond donors (Lipinski definition) is 1.